The summed E-state index contributed by atoms with van der Waals surface area (Å²) in [4.78, 5) is 10.4. The first-order chi connectivity index (χ1) is 6.18. The fourth-order valence-electron chi connectivity index (χ4n) is 3.33. The van der Waals surface area contributed by atoms with Crippen molar-refractivity contribution in [3.05, 3.63) is 12.2 Å². The summed E-state index contributed by atoms with van der Waals surface area (Å²) < 4.78 is 0. The zero-order valence-corrected chi connectivity index (χ0v) is 8.38. The summed E-state index contributed by atoms with van der Waals surface area (Å²) >= 11 is 0. The topological polar surface area (TPSA) is 17.1 Å². The molecule has 13 heavy (non-hydrogen) atoms. The minimum absolute atomic E-state index is 0.295. The first-order valence-electron chi connectivity index (χ1n) is 5.31. The molecule has 72 valence electrons. The lowest BCUT2D eigenvalue weighted by Crippen LogP contribution is -2.26. The van der Waals surface area contributed by atoms with E-state index < -0.39 is 0 Å². The Balaban J connectivity index is 2.13. The van der Waals surface area contributed by atoms with Gasteiger partial charge in [-0.25, -0.2) is 0 Å². The van der Waals surface area contributed by atoms with Crippen molar-refractivity contribution in [2.75, 3.05) is 0 Å². The lowest BCUT2D eigenvalue weighted by molar-refractivity contribution is -0.108. The maximum absolute atomic E-state index is 10.4. The van der Waals surface area contributed by atoms with Crippen molar-refractivity contribution in [2.45, 2.75) is 39.0 Å². The Morgan fingerprint density at radius 3 is 2.92 bits per heavy atom. The zero-order valence-electron chi connectivity index (χ0n) is 8.38. The van der Waals surface area contributed by atoms with Crippen LogP contribution in [-0.4, -0.2) is 6.29 Å². The third-order valence-electron chi connectivity index (χ3n) is 4.34. The highest BCUT2D eigenvalue weighted by atomic mass is 16.1. The summed E-state index contributed by atoms with van der Waals surface area (Å²) in [7, 11) is 0. The number of hydrogen-bond donors (Lipinski definition) is 0. The maximum atomic E-state index is 10.4. The van der Waals surface area contributed by atoms with Crippen molar-refractivity contribution < 1.29 is 4.79 Å². The first-order valence-corrected chi connectivity index (χ1v) is 5.31. The lowest BCUT2D eigenvalue weighted by atomic mass is 9.69. The molecule has 2 fully saturated rings. The molecule has 0 aromatic carbocycles. The van der Waals surface area contributed by atoms with Gasteiger partial charge < -0.3 is 4.79 Å². The molecule has 0 aromatic heterocycles. The van der Waals surface area contributed by atoms with Crippen molar-refractivity contribution in [3.8, 4) is 0 Å². The standard InChI is InChI=1S/C12H18O/c1-9-10-4-5-11(8-10)12(9,2)6-3-7-13/h7,10-11H,1,3-6,8H2,2H3/t10-,11+,12-/m1/s1. The van der Waals surface area contributed by atoms with Gasteiger partial charge in [0.25, 0.3) is 0 Å². The number of aldehydes is 1. The molecule has 0 amide bonds. The quantitative estimate of drug-likeness (QED) is 0.479. The fraction of sp³-hybridized carbons (Fsp3) is 0.750. The van der Waals surface area contributed by atoms with Gasteiger partial charge in [0.1, 0.15) is 6.29 Å². The van der Waals surface area contributed by atoms with Crippen molar-refractivity contribution in [2.24, 2.45) is 17.3 Å². The molecule has 0 N–H and O–H groups in total. The van der Waals surface area contributed by atoms with Gasteiger partial charge in [0.05, 0.1) is 0 Å². The SMILES string of the molecule is C=C1[C@@H]2CC[C@@H](C2)[C@]1(C)CCC=O. The second kappa shape index (κ2) is 2.97. The summed E-state index contributed by atoms with van der Waals surface area (Å²) in [5.74, 6) is 1.60. The van der Waals surface area contributed by atoms with E-state index >= 15 is 0 Å². The van der Waals surface area contributed by atoms with Crippen LogP contribution in [0.2, 0.25) is 0 Å². The van der Waals surface area contributed by atoms with E-state index in [0.717, 1.165) is 24.5 Å². The van der Waals surface area contributed by atoms with E-state index in [2.05, 4.69) is 13.5 Å². The largest absolute Gasteiger partial charge is 0.303 e. The average molecular weight is 178 g/mol. The molecule has 2 saturated carbocycles. The third-order valence-corrected chi connectivity index (χ3v) is 4.34. The third kappa shape index (κ3) is 1.17. The second-order valence-electron chi connectivity index (χ2n) is 4.85. The van der Waals surface area contributed by atoms with Gasteiger partial charge in [0.2, 0.25) is 0 Å². The number of carbonyl (C=O) groups excluding carboxylic acids is 1. The van der Waals surface area contributed by atoms with Crippen LogP contribution in [0.25, 0.3) is 0 Å². The Morgan fingerprint density at radius 2 is 2.38 bits per heavy atom. The lowest BCUT2D eigenvalue weighted by Gasteiger charge is -2.35. The monoisotopic (exact) mass is 178 g/mol. The minimum Gasteiger partial charge on any atom is -0.303 e. The fourth-order valence-corrected chi connectivity index (χ4v) is 3.33. The number of carbonyl (C=O) groups is 1. The highest BCUT2D eigenvalue weighted by Crippen LogP contribution is 2.60. The van der Waals surface area contributed by atoms with Gasteiger partial charge in [-0.15, -0.1) is 0 Å². The number of allylic oxidation sites excluding steroid dienone is 1. The van der Waals surface area contributed by atoms with Crippen LogP contribution >= 0.6 is 0 Å². The van der Waals surface area contributed by atoms with E-state index in [0.29, 0.717) is 11.8 Å². The van der Waals surface area contributed by atoms with Gasteiger partial charge in [-0.05, 0) is 42.9 Å². The van der Waals surface area contributed by atoms with Crippen LogP contribution in [0.3, 0.4) is 0 Å². The van der Waals surface area contributed by atoms with Crippen molar-refractivity contribution in [1.29, 1.82) is 0 Å². The van der Waals surface area contributed by atoms with Crippen molar-refractivity contribution >= 4 is 6.29 Å². The molecule has 0 spiro atoms. The summed E-state index contributed by atoms with van der Waals surface area (Å²) in [6.07, 6.45) is 6.83. The predicted molar refractivity (Wildman–Crippen MR) is 53.4 cm³/mol. The van der Waals surface area contributed by atoms with Gasteiger partial charge in [-0.1, -0.05) is 19.1 Å². The van der Waals surface area contributed by atoms with E-state index in [4.69, 9.17) is 0 Å². The molecule has 3 atom stereocenters. The molecule has 1 heteroatoms. The Bertz CT molecular complexity index is 244. The molecule has 2 aliphatic rings. The summed E-state index contributed by atoms with van der Waals surface area (Å²) in [6.45, 7) is 6.54. The van der Waals surface area contributed by atoms with Crippen LogP contribution in [0.1, 0.15) is 39.0 Å². The molecule has 1 nitrogen and oxygen atoms in total. The van der Waals surface area contributed by atoms with Gasteiger partial charge >= 0.3 is 0 Å². The minimum atomic E-state index is 0.295. The first kappa shape index (κ1) is 8.98. The molecule has 2 aliphatic carbocycles. The van der Waals surface area contributed by atoms with Crippen LogP contribution in [0, 0.1) is 17.3 Å². The maximum Gasteiger partial charge on any atom is 0.120 e. The molecule has 2 rings (SSSR count). The Hall–Kier alpha value is -0.590. The normalized spacial score (nSPS) is 42.7. The molecule has 0 saturated heterocycles. The van der Waals surface area contributed by atoms with Crippen molar-refractivity contribution in [1.82, 2.24) is 0 Å². The second-order valence-corrected chi connectivity index (χ2v) is 4.85. The van der Waals surface area contributed by atoms with Crippen LogP contribution in [-0.2, 0) is 4.79 Å². The van der Waals surface area contributed by atoms with Crippen molar-refractivity contribution in [3.63, 3.8) is 0 Å². The number of hydrogen-bond acceptors (Lipinski definition) is 1. The highest BCUT2D eigenvalue weighted by Gasteiger charge is 2.49. The molecule has 2 bridgehead atoms. The van der Waals surface area contributed by atoms with Gasteiger partial charge in [-0.3, -0.25) is 0 Å². The van der Waals surface area contributed by atoms with Crippen LogP contribution in [0.4, 0.5) is 0 Å². The molecule has 0 unspecified atom stereocenters. The molecule has 0 radical (unpaired) electrons. The Morgan fingerprint density at radius 1 is 1.62 bits per heavy atom. The summed E-state index contributed by atoms with van der Waals surface area (Å²) in [6, 6.07) is 0. The van der Waals surface area contributed by atoms with E-state index in [1.807, 2.05) is 0 Å². The van der Waals surface area contributed by atoms with E-state index in [1.165, 1.54) is 24.8 Å². The van der Waals surface area contributed by atoms with Gasteiger partial charge in [-0.2, -0.15) is 0 Å². The number of rotatable bonds is 3. The van der Waals surface area contributed by atoms with Crippen LogP contribution in [0.5, 0.6) is 0 Å². The van der Waals surface area contributed by atoms with E-state index in [9.17, 15) is 4.79 Å². The Labute approximate surface area is 80.2 Å². The molecular formula is C12H18O. The van der Waals surface area contributed by atoms with Gasteiger partial charge in [0.15, 0.2) is 0 Å². The van der Waals surface area contributed by atoms with Crippen LogP contribution in [0.15, 0.2) is 12.2 Å². The molecule has 0 aliphatic heterocycles. The number of fused-ring (bicyclic) bond motifs is 2. The van der Waals surface area contributed by atoms with E-state index in [-0.39, 0.29) is 0 Å². The van der Waals surface area contributed by atoms with Gasteiger partial charge in [0, 0.05) is 6.42 Å². The smallest absolute Gasteiger partial charge is 0.120 e. The molecule has 0 heterocycles. The Kier molecular flexibility index (Phi) is 2.05. The summed E-state index contributed by atoms with van der Waals surface area (Å²) in [5, 5.41) is 0. The average Bonchev–Trinajstić information content (AvgIpc) is 2.68. The summed E-state index contributed by atoms with van der Waals surface area (Å²) in [5.41, 5.74) is 1.73. The van der Waals surface area contributed by atoms with Crippen LogP contribution < -0.4 is 0 Å². The molecule has 0 aromatic rings. The predicted octanol–water partition coefficient (Wildman–Crippen LogP) is 2.96. The van der Waals surface area contributed by atoms with E-state index in [1.54, 1.807) is 0 Å². The zero-order chi connectivity index (χ0) is 9.47. The highest BCUT2D eigenvalue weighted by molar-refractivity contribution is 5.49. The molecular weight excluding hydrogens is 160 g/mol.